The molecule has 0 N–H and O–H groups in total. The molecule has 0 aliphatic heterocycles. The molecule has 0 fully saturated rings. The Balaban J connectivity index is 0.000000176. The number of aromatic nitrogens is 9. The van der Waals surface area contributed by atoms with Gasteiger partial charge in [0.2, 0.25) is 5.69 Å². The van der Waals surface area contributed by atoms with E-state index in [1.165, 1.54) is 84.2 Å². The standard InChI is InChI=1S/2C26H35N2.2C23H29N2.C19H26N/c2*1-17(2)21-15-23(18(3)4)25(24(16-21)19(5)6)28-14-13-27(8)26(28)22-12-10-9-11-20(22)7;2*1-16(2)19-12-9-13-20(17(3)4)22(19)25-15-14-24(6)23(25)21-11-8-7-10-18(21)5;1-13-8-9-16(14(2)10-13)18-11-17(19(4,5)6)15(3)12-20(18)7/h2*9-19H,1-8H3;2*7-17H,1-6H3;8-12H,1-7H3/q5*+1/i17D,18D,19D;;16D,17D;;1D3,3D2. The van der Waals surface area contributed by atoms with Crippen LogP contribution in [0.25, 0.3) is 79.6 Å². The van der Waals surface area contributed by atoms with Gasteiger partial charge in [0.25, 0.3) is 23.3 Å². The van der Waals surface area contributed by atoms with Crippen LogP contribution < -0.4 is 22.8 Å². The van der Waals surface area contributed by atoms with E-state index in [0.717, 1.165) is 84.4 Å². The molecule has 0 unspecified atom stereocenters. The lowest BCUT2D eigenvalue weighted by Crippen LogP contribution is -2.33. The Morgan fingerprint density at radius 1 is 0.286 bits per heavy atom. The maximum Gasteiger partial charge on any atom is 0.294 e. The Morgan fingerprint density at radius 2 is 0.595 bits per heavy atom. The molecule has 14 aromatic rings. The van der Waals surface area contributed by atoms with E-state index in [9.17, 15) is 0 Å². The summed E-state index contributed by atoms with van der Waals surface area (Å²) >= 11 is 0. The fourth-order valence-electron chi connectivity index (χ4n) is 17.3. The van der Waals surface area contributed by atoms with Crippen LogP contribution in [0, 0.1) is 48.3 Å². The summed E-state index contributed by atoms with van der Waals surface area (Å²) in [6.45, 7) is 55.3. The molecule has 9 nitrogen and oxygen atoms in total. The molecule has 0 saturated heterocycles. The number of rotatable bonds is 19. The van der Waals surface area contributed by atoms with Crippen LogP contribution in [0.2, 0.25) is 0 Å². The predicted octanol–water partition coefficient (Wildman–Crippen LogP) is 28.7. The van der Waals surface area contributed by atoms with Gasteiger partial charge < -0.3 is 0 Å². The lowest BCUT2D eigenvalue weighted by atomic mass is 9.83. The number of para-hydroxylation sites is 2. The minimum Gasteiger partial charge on any atom is -0.232 e. The van der Waals surface area contributed by atoms with E-state index < -0.39 is 43.2 Å². The van der Waals surface area contributed by atoms with Crippen molar-refractivity contribution in [1.29, 1.82) is 0 Å². The third-order valence-corrected chi connectivity index (χ3v) is 24.5. The molecule has 0 spiro atoms. The van der Waals surface area contributed by atoms with E-state index in [4.69, 9.17) is 13.7 Å². The number of imidazole rings is 4. The van der Waals surface area contributed by atoms with Crippen molar-refractivity contribution >= 4 is 0 Å². The van der Waals surface area contributed by atoms with Crippen molar-refractivity contribution in [2.24, 2.45) is 35.2 Å². The van der Waals surface area contributed by atoms with Gasteiger partial charge in [0.05, 0.1) is 50.4 Å². The predicted molar refractivity (Wildman–Crippen MR) is 535 cm³/mol. The number of aryl methyl sites for hydroxylation is 12. The molecule has 14 rings (SSSR count). The van der Waals surface area contributed by atoms with E-state index in [1.807, 2.05) is 194 Å². The fraction of sp³-hybridized carbons (Fsp3) is 0.393. The number of hydrogen-bond donors (Lipinski definition) is 0. The average molecular weight is 1700 g/mol. The molecule has 0 amide bonds. The van der Waals surface area contributed by atoms with E-state index in [1.54, 1.807) is 12.1 Å². The van der Waals surface area contributed by atoms with Crippen molar-refractivity contribution in [2.75, 3.05) is 0 Å². The first-order valence-corrected chi connectivity index (χ1v) is 45.3. The molecule has 662 valence electrons. The highest BCUT2D eigenvalue weighted by molar-refractivity contribution is 5.69. The van der Waals surface area contributed by atoms with Crippen LogP contribution in [0.4, 0.5) is 0 Å². The van der Waals surface area contributed by atoms with Gasteiger partial charge in [-0.25, -0.2) is 22.8 Å². The molecule has 5 heterocycles. The summed E-state index contributed by atoms with van der Waals surface area (Å²) in [7, 11) is 10.2. The molecule has 0 atom stereocenters. The molecule has 9 aromatic carbocycles. The van der Waals surface area contributed by atoms with E-state index in [-0.39, 0.29) is 5.41 Å². The molecule has 9 heteroatoms. The van der Waals surface area contributed by atoms with Crippen molar-refractivity contribution in [3.8, 4) is 79.6 Å². The van der Waals surface area contributed by atoms with Crippen LogP contribution in [0.1, 0.15) is 332 Å². The quantitative estimate of drug-likeness (QED) is 0.0724. The zero-order chi connectivity index (χ0) is 101. The third kappa shape index (κ3) is 21.6. The van der Waals surface area contributed by atoms with E-state index in [0.29, 0.717) is 40.7 Å². The van der Waals surface area contributed by atoms with Crippen molar-refractivity contribution < 1.29 is 36.5 Å². The first kappa shape index (κ1) is 83.2. The lowest BCUT2D eigenvalue weighted by molar-refractivity contribution is -0.660. The summed E-state index contributed by atoms with van der Waals surface area (Å²) in [4.78, 5) is 0. The normalized spacial score (nSPS) is 13.4. The van der Waals surface area contributed by atoms with Gasteiger partial charge in [-0.05, 0) is 188 Å². The third-order valence-electron chi connectivity index (χ3n) is 24.5. The fourth-order valence-corrected chi connectivity index (χ4v) is 17.3. The van der Waals surface area contributed by atoms with Crippen molar-refractivity contribution in [2.45, 2.75) is 272 Å². The summed E-state index contributed by atoms with van der Waals surface area (Å²) in [5, 5.41) is 0. The topological polar surface area (TPSA) is 39.1 Å². The first-order valence-electron chi connectivity index (χ1n) is 50.4. The summed E-state index contributed by atoms with van der Waals surface area (Å²) in [6, 6.07) is 62.7. The summed E-state index contributed by atoms with van der Waals surface area (Å²) < 4.78 is 102. The molecule has 0 aliphatic rings. The monoisotopic (exact) mass is 1700 g/mol. The van der Waals surface area contributed by atoms with E-state index >= 15 is 0 Å². The molecule has 0 aliphatic carbocycles. The van der Waals surface area contributed by atoms with Crippen LogP contribution in [-0.2, 0) is 40.7 Å². The van der Waals surface area contributed by atoms with Gasteiger partial charge in [0.15, 0.2) is 6.20 Å². The molecular weight excluding hydrogens is 1530 g/mol. The SMILES string of the molecule is Cc1ccccc1-c1n(-c2c(C(C)C)cc(C(C)C)cc2C(C)C)cc[n+]1C.Cc1ccccc1-c1n(-c2c(C(C)C)cccc2C(C)C)cc[n+]1C.[2H]C(C)(C)c1cc(C([2H])(C)C)c(-n2cc[n+](C)c2-c2ccccc2C)c(C([2H])(C)C)c1.[2H]C(C)(C)c1cccc(C([2H])(C)C)c1-n1cc[n+](C)c1-c1ccccc1C.[2H]C([2H])c1c[n+](C)c(-c2ccc(C([2H])([2H])[2H])cc2C)cc1C(C)(C)C. The minimum absolute atomic E-state index is 0.189. The number of benzene rings is 9. The zero-order valence-corrected chi connectivity index (χ0v) is 82.5. The highest BCUT2D eigenvalue weighted by Crippen LogP contribution is 2.42. The van der Waals surface area contributed by atoms with Gasteiger partial charge in [-0.3, -0.25) is 0 Å². The van der Waals surface area contributed by atoms with E-state index in [2.05, 4.69) is 302 Å². The average Bonchev–Trinajstić information content (AvgIpc) is 1.38. The van der Waals surface area contributed by atoms with Crippen LogP contribution in [-0.4, -0.2) is 18.3 Å². The maximum atomic E-state index is 8.95. The number of nitrogens with zero attached hydrogens (tertiary/aromatic N) is 9. The molecular formula is C117H154N9+5. The van der Waals surface area contributed by atoms with Gasteiger partial charge >= 0.3 is 0 Å². The Hall–Kier alpha value is -11.0. The molecule has 0 radical (unpaired) electrons. The Labute approximate surface area is 775 Å². The van der Waals surface area contributed by atoms with Gasteiger partial charge in [-0.2, -0.15) is 18.3 Å². The second-order valence-electron chi connectivity index (χ2n) is 38.3. The van der Waals surface area contributed by atoms with Gasteiger partial charge in [0, 0.05) is 75.4 Å². The Bertz CT molecular complexity index is 6430. The first-order chi connectivity index (χ1) is 63.1. The highest BCUT2D eigenvalue weighted by Gasteiger charge is 2.34. The van der Waals surface area contributed by atoms with Crippen LogP contribution in [0.5, 0.6) is 0 Å². The molecule has 0 saturated carbocycles. The van der Waals surface area contributed by atoms with Gasteiger partial charge in [-0.15, -0.1) is 0 Å². The summed E-state index contributed by atoms with van der Waals surface area (Å²) in [5.41, 5.74) is 30.3. The van der Waals surface area contributed by atoms with Crippen LogP contribution in [0.3, 0.4) is 0 Å². The van der Waals surface area contributed by atoms with Crippen molar-refractivity contribution in [1.82, 2.24) is 18.3 Å². The van der Waals surface area contributed by atoms with Crippen molar-refractivity contribution in [3.05, 3.63) is 338 Å². The van der Waals surface area contributed by atoms with Gasteiger partial charge in [0.1, 0.15) is 79.4 Å². The Morgan fingerprint density at radius 3 is 0.881 bits per heavy atom. The smallest absolute Gasteiger partial charge is 0.232 e. The molecule has 0 bridgehead atoms. The molecule has 126 heavy (non-hydrogen) atoms. The Kier molecular flexibility index (Phi) is 27.5. The lowest BCUT2D eigenvalue weighted by Gasteiger charge is -2.21. The maximum absolute atomic E-state index is 8.95. The van der Waals surface area contributed by atoms with Gasteiger partial charge in [-0.1, -0.05) is 310 Å². The minimum atomic E-state index is -2.12. The highest BCUT2D eigenvalue weighted by atomic mass is 15.2. The number of hydrogen-bond acceptors (Lipinski definition) is 0. The number of pyridine rings is 1. The van der Waals surface area contributed by atoms with Crippen LogP contribution in [0.15, 0.2) is 238 Å². The largest absolute Gasteiger partial charge is 0.294 e. The molecule has 5 aromatic heterocycles. The second-order valence-corrected chi connectivity index (χ2v) is 38.3. The second kappa shape index (κ2) is 41.6. The summed E-state index contributed by atoms with van der Waals surface area (Å²) in [6.07, 6.45) is 18.7. The van der Waals surface area contributed by atoms with Crippen molar-refractivity contribution in [3.63, 3.8) is 0 Å². The van der Waals surface area contributed by atoms with Crippen LogP contribution >= 0.6 is 0 Å². The summed E-state index contributed by atoms with van der Waals surface area (Å²) in [5.74, 6) is 2.76. The zero-order valence-electron chi connectivity index (χ0n) is 92.5.